The molecule has 76 heavy (non-hydrogen) atoms. The standard InChI is InChI=1S/C74H50N2/c1-5-19-51(20-6-1)57-39-47-71-69(49-57)70-50-58(52-21-7-2-8-22-52)40-48-72(70)76(71)62-45-43-61(44-46-62)75(59-25-11-4-12-26-59)60-41-37-54(38-42-60)53-33-35-56(36-34-53)73-65-29-15-17-31-67(65)74(68-32-18-16-30-66(68)73)64-28-14-13-27-63(64)55-23-9-3-10-24-55/h1-50H. The molecule has 2 heteroatoms. The Morgan fingerprint density at radius 2 is 0.553 bits per heavy atom. The van der Waals surface area contributed by atoms with Gasteiger partial charge in [0.15, 0.2) is 0 Å². The maximum atomic E-state index is 2.41. The summed E-state index contributed by atoms with van der Waals surface area (Å²) in [6.07, 6.45) is 0. The minimum Gasteiger partial charge on any atom is -0.311 e. The lowest BCUT2D eigenvalue weighted by Gasteiger charge is -2.26. The highest BCUT2D eigenvalue weighted by Crippen LogP contribution is 2.47. The first-order chi connectivity index (χ1) is 37.7. The van der Waals surface area contributed by atoms with Gasteiger partial charge in [-0.05, 0) is 161 Å². The normalized spacial score (nSPS) is 11.4. The number of hydrogen-bond acceptors (Lipinski definition) is 1. The number of fused-ring (bicyclic) bond motifs is 5. The van der Waals surface area contributed by atoms with Gasteiger partial charge in [0.2, 0.25) is 0 Å². The van der Waals surface area contributed by atoms with Crippen LogP contribution in [0, 0.1) is 0 Å². The van der Waals surface area contributed by atoms with Gasteiger partial charge < -0.3 is 9.47 Å². The first-order valence-corrected chi connectivity index (χ1v) is 26.2. The summed E-state index contributed by atoms with van der Waals surface area (Å²) in [5.74, 6) is 0. The second kappa shape index (κ2) is 19.1. The van der Waals surface area contributed by atoms with Gasteiger partial charge in [-0.15, -0.1) is 0 Å². The SMILES string of the molecule is c1ccc(-c2ccc3c(c2)c2cc(-c4ccccc4)ccc2n3-c2ccc(N(c3ccccc3)c3ccc(-c4ccc(-c5c6ccccc6c(-c6ccccc6-c6ccccc6)c6ccccc56)cc4)cc3)cc2)cc1. The molecule has 14 rings (SSSR count). The van der Waals surface area contributed by atoms with E-state index in [1.165, 1.54) is 110 Å². The molecule has 1 heterocycles. The molecule has 0 aliphatic rings. The van der Waals surface area contributed by atoms with Crippen molar-refractivity contribution >= 4 is 60.4 Å². The van der Waals surface area contributed by atoms with Gasteiger partial charge in [-0.25, -0.2) is 0 Å². The maximum absolute atomic E-state index is 2.41. The molecule has 0 amide bonds. The fourth-order valence-electron chi connectivity index (χ4n) is 11.6. The van der Waals surface area contributed by atoms with Crippen molar-refractivity contribution in [2.75, 3.05) is 4.90 Å². The molecular formula is C74H50N2. The molecule has 0 fully saturated rings. The molecule has 0 saturated carbocycles. The average Bonchev–Trinajstić information content (AvgIpc) is 3.93. The molecule has 0 bridgehead atoms. The fourth-order valence-corrected chi connectivity index (χ4v) is 11.6. The third-order valence-electron chi connectivity index (χ3n) is 15.2. The quantitative estimate of drug-likeness (QED) is 0.124. The van der Waals surface area contributed by atoms with E-state index in [9.17, 15) is 0 Å². The lowest BCUT2D eigenvalue weighted by Crippen LogP contribution is -2.10. The summed E-state index contributed by atoms with van der Waals surface area (Å²) in [7, 11) is 0. The average molecular weight is 967 g/mol. The van der Waals surface area contributed by atoms with Gasteiger partial charge in [0, 0.05) is 33.5 Å². The molecule has 0 aliphatic heterocycles. The zero-order valence-electron chi connectivity index (χ0n) is 41.8. The Labute approximate surface area is 443 Å². The molecule has 0 spiro atoms. The maximum Gasteiger partial charge on any atom is 0.0541 e. The summed E-state index contributed by atoms with van der Waals surface area (Å²) in [4.78, 5) is 2.35. The Kier molecular flexibility index (Phi) is 11.2. The lowest BCUT2D eigenvalue weighted by molar-refractivity contribution is 1.17. The Bertz CT molecular complexity index is 4240. The van der Waals surface area contributed by atoms with Crippen LogP contribution in [-0.2, 0) is 0 Å². The summed E-state index contributed by atoms with van der Waals surface area (Å²) in [5, 5.41) is 7.45. The molecule has 13 aromatic carbocycles. The zero-order valence-corrected chi connectivity index (χ0v) is 41.8. The molecule has 0 aliphatic carbocycles. The van der Waals surface area contributed by atoms with E-state index in [0.717, 1.165) is 22.7 Å². The topological polar surface area (TPSA) is 8.17 Å². The molecule has 0 atom stereocenters. The van der Waals surface area contributed by atoms with E-state index in [0.29, 0.717) is 0 Å². The van der Waals surface area contributed by atoms with Crippen LogP contribution in [0.2, 0.25) is 0 Å². The van der Waals surface area contributed by atoms with Crippen LogP contribution in [0.1, 0.15) is 0 Å². The van der Waals surface area contributed by atoms with Gasteiger partial charge in [0.25, 0.3) is 0 Å². The van der Waals surface area contributed by atoms with E-state index >= 15 is 0 Å². The second-order valence-electron chi connectivity index (χ2n) is 19.6. The minimum absolute atomic E-state index is 1.08. The number of hydrogen-bond donors (Lipinski definition) is 0. The highest BCUT2D eigenvalue weighted by atomic mass is 15.1. The highest BCUT2D eigenvalue weighted by Gasteiger charge is 2.21. The van der Waals surface area contributed by atoms with Crippen molar-refractivity contribution in [2.45, 2.75) is 0 Å². The van der Waals surface area contributed by atoms with Gasteiger partial charge in [-0.3, -0.25) is 0 Å². The number of rotatable bonds is 10. The molecule has 0 radical (unpaired) electrons. The van der Waals surface area contributed by atoms with Crippen LogP contribution in [0.15, 0.2) is 303 Å². The number of aromatic nitrogens is 1. The lowest BCUT2D eigenvalue weighted by atomic mass is 9.83. The van der Waals surface area contributed by atoms with E-state index in [2.05, 4.69) is 313 Å². The summed E-state index contributed by atoms with van der Waals surface area (Å²) in [6.45, 7) is 0. The summed E-state index contributed by atoms with van der Waals surface area (Å²) < 4.78 is 2.41. The Hall–Kier alpha value is -10.0. The van der Waals surface area contributed by atoms with E-state index in [1.807, 2.05) is 0 Å². The number of benzene rings is 13. The molecule has 0 saturated heterocycles. The minimum atomic E-state index is 1.08. The van der Waals surface area contributed by atoms with Crippen LogP contribution in [-0.4, -0.2) is 4.57 Å². The Morgan fingerprint density at radius 3 is 1.05 bits per heavy atom. The largest absolute Gasteiger partial charge is 0.311 e. The molecule has 1 aromatic heterocycles. The third kappa shape index (κ3) is 7.92. The second-order valence-corrected chi connectivity index (χ2v) is 19.6. The molecule has 14 aromatic rings. The van der Waals surface area contributed by atoms with Gasteiger partial charge in [-0.2, -0.15) is 0 Å². The Balaban J connectivity index is 0.807. The van der Waals surface area contributed by atoms with Crippen LogP contribution in [0.25, 0.3) is 116 Å². The number of nitrogens with zero attached hydrogens (tertiary/aromatic N) is 2. The van der Waals surface area contributed by atoms with E-state index in [-0.39, 0.29) is 0 Å². The van der Waals surface area contributed by atoms with Crippen molar-refractivity contribution in [3.8, 4) is 72.4 Å². The molecule has 0 unspecified atom stereocenters. The highest BCUT2D eigenvalue weighted by molar-refractivity contribution is 6.22. The fraction of sp³-hybridized carbons (Fsp3) is 0. The van der Waals surface area contributed by atoms with E-state index in [4.69, 9.17) is 0 Å². The smallest absolute Gasteiger partial charge is 0.0541 e. The van der Waals surface area contributed by atoms with Gasteiger partial charge in [-0.1, -0.05) is 231 Å². The first kappa shape index (κ1) is 44.7. The number of para-hydroxylation sites is 1. The van der Waals surface area contributed by atoms with Gasteiger partial charge in [0.1, 0.15) is 0 Å². The monoisotopic (exact) mass is 966 g/mol. The predicted molar refractivity (Wildman–Crippen MR) is 323 cm³/mol. The summed E-state index contributed by atoms with van der Waals surface area (Å²) in [6, 6.07) is 110. The Morgan fingerprint density at radius 1 is 0.211 bits per heavy atom. The van der Waals surface area contributed by atoms with Gasteiger partial charge >= 0.3 is 0 Å². The first-order valence-electron chi connectivity index (χ1n) is 26.2. The van der Waals surface area contributed by atoms with Crippen LogP contribution in [0.5, 0.6) is 0 Å². The number of anilines is 3. The molecule has 2 nitrogen and oxygen atoms in total. The van der Waals surface area contributed by atoms with Crippen LogP contribution in [0.4, 0.5) is 17.1 Å². The zero-order chi connectivity index (χ0) is 50.4. The van der Waals surface area contributed by atoms with Crippen molar-refractivity contribution in [2.24, 2.45) is 0 Å². The van der Waals surface area contributed by atoms with E-state index < -0.39 is 0 Å². The van der Waals surface area contributed by atoms with Crippen molar-refractivity contribution in [3.05, 3.63) is 303 Å². The van der Waals surface area contributed by atoms with Crippen molar-refractivity contribution < 1.29 is 0 Å². The van der Waals surface area contributed by atoms with Crippen LogP contribution in [0.3, 0.4) is 0 Å². The van der Waals surface area contributed by atoms with Gasteiger partial charge in [0.05, 0.1) is 11.0 Å². The molecule has 356 valence electrons. The van der Waals surface area contributed by atoms with Crippen LogP contribution < -0.4 is 4.90 Å². The van der Waals surface area contributed by atoms with Crippen molar-refractivity contribution in [1.82, 2.24) is 4.57 Å². The van der Waals surface area contributed by atoms with Crippen molar-refractivity contribution in [3.63, 3.8) is 0 Å². The molecular weight excluding hydrogens is 917 g/mol. The van der Waals surface area contributed by atoms with Crippen LogP contribution >= 0.6 is 0 Å². The van der Waals surface area contributed by atoms with E-state index in [1.54, 1.807) is 0 Å². The predicted octanol–water partition coefficient (Wildman–Crippen LogP) is 20.6. The van der Waals surface area contributed by atoms with Crippen molar-refractivity contribution in [1.29, 1.82) is 0 Å². The summed E-state index contributed by atoms with van der Waals surface area (Å²) >= 11 is 0. The molecule has 0 N–H and O–H groups in total. The summed E-state index contributed by atoms with van der Waals surface area (Å²) in [5.41, 5.74) is 21.3. The third-order valence-corrected chi connectivity index (χ3v) is 15.2.